The Morgan fingerprint density at radius 3 is 3.07 bits per heavy atom. The molecule has 1 spiro atoms. The normalized spacial score (nSPS) is 40.3. The van der Waals surface area contributed by atoms with E-state index in [0.717, 1.165) is 18.8 Å². The van der Waals surface area contributed by atoms with E-state index in [1.807, 2.05) is 0 Å². The molecule has 2 rings (SSSR count). The van der Waals surface area contributed by atoms with Gasteiger partial charge < -0.3 is 4.74 Å². The van der Waals surface area contributed by atoms with E-state index in [2.05, 4.69) is 16.9 Å². The Kier molecular flexibility index (Phi) is 3.17. The molecule has 0 aromatic carbocycles. The molecule has 0 radical (unpaired) electrons. The van der Waals surface area contributed by atoms with Crippen LogP contribution < -0.4 is 0 Å². The van der Waals surface area contributed by atoms with Gasteiger partial charge in [0, 0.05) is 4.91 Å². The quantitative estimate of drug-likeness (QED) is 0.390. The van der Waals surface area contributed by atoms with Crippen molar-refractivity contribution >= 4 is 0 Å². The Balaban J connectivity index is 1.92. The lowest BCUT2D eigenvalue weighted by Gasteiger charge is -2.36. The van der Waals surface area contributed by atoms with Crippen molar-refractivity contribution in [1.82, 2.24) is 0 Å². The van der Waals surface area contributed by atoms with Crippen molar-refractivity contribution in [2.75, 3.05) is 6.54 Å². The van der Waals surface area contributed by atoms with Crippen LogP contribution in [0.25, 0.3) is 10.4 Å². The van der Waals surface area contributed by atoms with E-state index in [1.165, 1.54) is 25.7 Å². The van der Waals surface area contributed by atoms with Crippen LogP contribution in [0.15, 0.2) is 5.11 Å². The smallest absolute Gasteiger partial charge is 0.0689 e. The van der Waals surface area contributed by atoms with Gasteiger partial charge in [0.2, 0.25) is 0 Å². The van der Waals surface area contributed by atoms with Gasteiger partial charge in [-0.1, -0.05) is 24.9 Å². The number of rotatable bonds is 2. The summed E-state index contributed by atoms with van der Waals surface area (Å²) in [7, 11) is 0. The maximum atomic E-state index is 8.27. The largest absolute Gasteiger partial charge is 0.372 e. The van der Waals surface area contributed by atoms with Crippen molar-refractivity contribution in [3.05, 3.63) is 10.4 Å². The third kappa shape index (κ3) is 2.44. The molecule has 15 heavy (non-hydrogen) atoms. The van der Waals surface area contributed by atoms with Gasteiger partial charge in [0.1, 0.15) is 0 Å². The number of azide groups is 1. The second-order valence-electron chi connectivity index (χ2n) is 5.08. The van der Waals surface area contributed by atoms with Crippen LogP contribution >= 0.6 is 0 Å². The maximum Gasteiger partial charge on any atom is 0.0689 e. The second-order valence-corrected chi connectivity index (χ2v) is 5.08. The monoisotopic (exact) mass is 209 g/mol. The highest BCUT2D eigenvalue weighted by Gasteiger charge is 2.42. The lowest BCUT2D eigenvalue weighted by Crippen LogP contribution is -2.35. The molecule has 2 fully saturated rings. The van der Waals surface area contributed by atoms with Gasteiger partial charge in [-0.2, -0.15) is 0 Å². The zero-order valence-corrected chi connectivity index (χ0v) is 9.35. The minimum atomic E-state index is 0.132. The van der Waals surface area contributed by atoms with E-state index >= 15 is 0 Å². The van der Waals surface area contributed by atoms with Crippen molar-refractivity contribution in [3.8, 4) is 0 Å². The predicted octanol–water partition coefficient (Wildman–Crippen LogP) is 3.42. The summed E-state index contributed by atoms with van der Waals surface area (Å²) in [6, 6.07) is 0. The average Bonchev–Trinajstić information content (AvgIpc) is 2.58. The first kappa shape index (κ1) is 10.8. The van der Waals surface area contributed by atoms with E-state index in [1.54, 1.807) is 0 Å². The molecule has 0 amide bonds. The Labute approximate surface area is 90.6 Å². The van der Waals surface area contributed by atoms with Gasteiger partial charge in [-0.15, -0.1) is 0 Å². The van der Waals surface area contributed by atoms with Crippen LogP contribution in [-0.4, -0.2) is 18.2 Å². The first-order valence-corrected chi connectivity index (χ1v) is 5.93. The summed E-state index contributed by atoms with van der Waals surface area (Å²) >= 11 is 0. The highest BCUT2D eigenvalue weighted by molar-refractivity contribution is 4.93. The molecule has 1 aliphatic heterocycles. The summed E-state index contributed by atoms with van der Waals surface area (Å²) in [4.78, 5) is 2.79. The van der Waals surface area contributed by atoms with E-state index in [4.69, 9.17) is 10.3 Å². The fraction of sp³-hybridized carbons (Fsp3) is 1.00. The van der Waals surface area contributed by atoms with Crippen molar-refractivity contribution < 1.29 is 4.74 Å². The molecule has 4 heteroatoms. The van der Waals surface area contributed by atoms with Crippen LogP contribution in [0.2, 0.25) is 0 Å². The van der Waals surface area contributed by atoms with Crippen LogP contribution in [0.1, 0.15) is 45.4 Å². The van der Waals surface area contributed by atoms with Crippen molar-refractivity contribution in [2.24, 2.45) is 11.0 Å². The Morgan fingerprint density at radius 2 is 2.33 bits per heavy atom. The predicted molar refractivity (Wildman–Crippen MR) is 58.5 cm³/mol. The van der Waals surface area contributed by atoms with Crippen LogP contribution in [0.5, 0.6) is 0 Å². The minimum Gasteiger partial charge on any atom is -0.372 e. The van der Waals surface area contributed by atoms with Gasteiger partial charge in [0.25, 0.3) is 0 Å². The number of ether oxygens (including phenoxy) is 1. The van der Waals surface area contributed by atoms with E-state index in [9.17, 15) is 0 Å². The van der Waals surface area contributed by atoms with Gasteiger partial charge in [-0.25, -0.2) is 0 Å². The highest BCUT2D eigenvalue weighted by Crippen LogP contribution is 2.43. The molecule has 3 atom stereocenters. The highest BCUT2D eigenvalue weighted by atomic mass is 16.5. The lowest BCUT2D eigenvalue weighted by molar-refractivity contribution is -0.0706. The van der Waals surface area contributed by atoms with Crippen LogP contribution in [0.4, 0.5) is 0 Å². The van der Waals surface area contributed by atoms with E-state index in [-0.39, 0.29) is 11.7 Å². The topological polar surface area (TPSA) is 58.0 Å². The molecule has 0 unspecified atom stereocenters. The third-order valence-electron chi connectivity index (χ3n) is 3.74. The Bertz CT molecular complexity index is 275. The third-order valence-corrected chi connectivity index (χ3v) is 3.74. The summed E-state index contributed by atoms with van der Waals surface area (Å²) in [5.74, 6) is 0.789. The molecule has 1 aliphatic carbocycles. The number of nitrogens with zero attached hydrogens (tertiary/aromatic N) is 3. The van der Waals surface area contributed by atoms with Crippen LogP contribution in [0.3, 0.4) is 0 Å². The summed E-state index contributed by atoms with van der Waals surface area (Å²) in [5.41, 5.74) is 8.41. The molecule has 0 N–H and O–H groups in total. The minimum absolute atomic E-state index is 0.132. The van der Waals surface area contributed by atoms with Crippen LogP contribution in [-0.2, 0) is 4.74 Å². The van der Waals surface area contributed by atoms with Gasteiger partial charge in [0.15, 0.2) is 0 Å². The Morgan fingerprint density at radius 1 is 1.47 bits per heavy atom. The maximum absolute atomic E-state index is 8.27. The number of hydrogen-bond acceptors (Lipinski definition) is 2. The molecule has 84 valence electrons. The van der Waals surface area contributed by atoms with Gasteiger partial charge >= 0.3 is 0 Å². The lowest BCUT2D eigenvalue weighted by atomic mass is 9.77. The zero-order valence-electron chi connectivity index (χ0n) is 9.35. The summed E-state index contributed by atoms with van der Waals surface area (Å²) in [6.07, 6.45) is 7.41. The fourth-order valence-corrected chi connectivity index (χ4v) is 3.10. The van der Waals surface area contributed by atoms with E-state index < -0.39 is 0 Å². The van der Waals surface area contributed by atoms with Crippen molar-refractivity contribution in [2.45, 2.75) is 57.2 Å². The molecule has 1 saturated heterocycles. The summed E-state index contributed by atoms with van der Waals surface area (Å²) in [6.45, 7) is 2.82. The molecule has 1 heterocycles. The Hall–Kier alpha value is -0.730. The van der Waals surface area contributed by atoms with Gasteiger partial charge in [-0.3, -0.25) is 0 Å². The van der Waals surface area contributed by atoms with Crippen molar-refractivity contribution in [3.63, 3.8) is 0 Å². The molecular weight excluding hydrogens is 190 g/mol. The molecule has 0 aromatic heterocycles. The second kappa shape index (κ2) is 4.42. The van der Waals surface area contributed by atoms with Crippen LogP contribution in [0, 0.1) is 5.92 Å². The summed E-state index contributed by atoms with van der Waals surface area (Å²) in [5, 5.41) is 3.61. The molecule has 2 aliphatic rings. The zero-order chi connectivity index (χ0) is 10.7. The molecule has 1 saturated carbocycles. The first-order valence-electron chi connectivity index (χ1n) is 5.93. The summed E-state index contributed by atoms with van der Waals surface area (Å²) < 4.78 is 6.10. The van der Waals surface area contributed by atoms with Crippen molar-refractivity contribution in [1.29, 1.82) is 0 Å². The molecule has 0 aromatic rings. The molecular formula is C11H19N3O. The van der Waals surface area contributed by atoms with Gasteiger partial charge in [0.05, 0.1) is 18.2 Å². The standard InChI is InChI=1S/C11H19N3O/c1-9-3-2-5-11(7-9)6-4-10(15-11)8-13-14-12/h9-10H,2-8H2,1H3/t9-,10+,11-/m1/s1. The first-order chi connectivity index (χ1) is 7.24. The molecule has 0 bridgehead atoms. The average molecular weight is 209 g/mol. The fourth-order valence-electron chi connectivity index (χ4n) is 3.10. The number of hydrogen-bond donors (Lipinski definition) is 0. The molecule has 4 nitrogen and oxygen atoms in total. The van der Waals surface area contributed by atoms with Gasteiger partial charge in [-0.05, 0) is 37.1 Å². The SMILES string of the molecule is C[C@@H]1CCC[C@@]2(CC[C@@H](CN=[N+]=[N-])O2)C1. The van der Waals surface area contributed by atoms with E-state index in [0.29, 0.717) is 6.54 Å².